The molecule has 2 aliphatic rings. The molecule has 2 aromatic rings. The second-order valence-electron chi connectivity index (χ2n) is 6.77. The van der Waals surface area contributed by atoms with Crippen molar-refractivity contribution in [3.8, 4) is 11.3 Å². The van der Waals surface area contributed by atoms with Crippen LogP contribution in [0.3, 0.4) is 0 Å². The minimum absolute atomic E-state index is 0.182. The molecule has 2 N–H and O–H groups in total. The Bertz CT molecular complexity index is 707. The molecule has 0 radical (unpaired) electrons. The van der Waals surface area contributed by atoms with Crippen LogP contribution >= 0.6 is 0 Å². The fourth-order valence-electron chi connectivity index (χ4n) is 4.14. The summed E-state index contributed by atoms with van der Waals surface area (Å²) in [6.07, 6.45) is 6.38. The third-order valence-corrected chi connectivity index (χ3v) is 5.41. The van der Waals surface area contributed by atoms with E-state index in [1.165, 1.54) is 6.07 Å². The summed E-state index contributed by atoms with van der Waals surface area (Å²) in [5.41, 5.74) is 2.45. The number of benzene rings is 1. The van der Waals surface area contributed by atoms with E-state index in [-0.39, 0.29) is 23.9 Å². The summed E-state index contributed by atoms with van der Waals surface area (Å²) in [5.74, 6) is -0.0383. The first kappa shape index (κ1) is 14.8. The number of imidazole rings is 1. The van der Waals surface area contributed by atoms with Crippen molar-refractivity contribution in [2.45, 2.75) is 50.4 Å². The third kappa shape index (κ3) is 2.48. The zero-order valence-electron chi connectivity index (χ0n) is 12.9. The van der Waals surface area contributed by atoms with Crippen molar-refractivity contribution in [3.05, 3.63) is 42.1 Å². The number of nitrogens with zero attached hydrogens (tertiary/aromatic N) is 2. The van der Waals surface area contributed by atoms with E-state index in [0.717, 1.165) is 36.9 Å². The molecule has 0 bridgehead atoms. The van der Waals surface area contributed by atoms with E-state index < -0.39 is 6.10 Å². The molecule has 122 valence electrons. The third-order valence-electron chi connectivity index (χ3n) is 5.41. The predicted molar refractivity (Wildman–Crippen MR) is 84.3 cm³/mol. The van der Waals surface area contributed by atoms with Crippen LogP contribution < -0.4 is 0 Å². The Morgan fingerprint density at radius 1 is 1.26 bits per heavy atom. The van der Waals surface area contributed by atoms with Gasteiger partial charge in [-0.2, -0.15) is 0 Å². The number of aliphatic hydroxyl groups excluding tert-OH is 2. The van der Waals surface area contributed by atoms with Gasteiger partial charge in [0.2, 0.25) is 0 Å². The summed E-state index contributed by atoms with van der Waals surface area (Å²) < 4.78 is 16.3. The molecule has 1 fully saturated rings. The Morgan fingerprint density at radius 2 is 2.04 bits per heavy atom. The summed E-state index contributed by atoms with van der Waals surface area (Å²) in [4.78, 5) is 4.18. The molecule has 0 spiro atoms. The zero-order chi connectivity index (χ0) is 16.0. The van der Waals surface area contributed by atoms with Gasteiger partial charge in [0.25, 0.3) is 0 Å². The molecule has 0 saturated heterocycles. The van der Waals surface area contributed by atoms with Crippen molar-refractivity contribution in [1.29, 1.82) is 0 Å². The SMILES string of the molecule is OC(C[C@H]1c2c(F)cccc2-c2cncn21)[C@H]1CC[C@H](O)CC1. The molecular weight excluding hydrogens is 295 g/mol. The number of hydrogen-bond acceptors (Lipinski definition) is 3. The highest BCUT2D eigenvalue weighted by atomic mass is 19.1. The molecule has 2 heterocycles. The summed E-state index contributed by atoms with van der Waals surface area (Å²) in [6.45, 7) is 0. The highest BCUT2D eigenvalue weighted by Crippen LogP contribution is 2.43. The molecule has 1 saturated carbocycles. The molecule has 1 aliphatic heterocycles. The maximum absolute atomic E-state index is 14.4. The highest BCUT2D eigenvalue weighted by Gasteiger charge is 2.35. The summed E-state index contributed by atoms with van der Waals surface area (Å²) in [6, 6.07) is 4.91. The van der Waals surface area contributed by atoms with Gasteiger partial charge in [-0.15, -0.1) is 0 Å². The highest BCUT2D eigenvalue weighted by molar-refractivity contribution is 5.69. The Hall–Kier alpha value is -1.72. The van der Waals surface area contributed by atoms with Crippen LogP contribution in [0.5, 0.6) is 0 Å². The lowest BCUT2D eigenvalue weighted by atomic mass is 9.81. The molecule has 1 unspecified atom stereocenters. The van der Waals surface area contributed by atoms with Gasteiger partial charge in [-0.25, -0.2) is 9.37 Å². The first-order valence-electron chi connectivity index (χ1n) is 8.32. The average Bonchev–Trinajstić information content (AvgIpc) is 3.12. The number of fused-ring (bicyclic) bond motifs is 3. The average molecular weight is 316 g/mol. The minimum atomic E-state index is -0.492. The van der Waals surface area contributed by atoms with Crippen LogP contribution in [-0.4, -0.2) is 32.0 Å². The van der Waals surface area contributed by atoms with Crippen LogP contribution in [0.25, 0.3) is 11.3 Å². The first-order valence-corrected chi connectivity index (χ1v) is 8.32. The van der Waals surface area contributed by atoms with Crippen molar-refractivity contribution >= 4 is 0 Å². The summed E-state index contributed by atoms with van der Waals surface area (Å²) in [7, 11) is 0. The molecule has 4 nitrogen and oxygen atoms in total. The van der Waals surface area contributed by atoms with E-state index in [2.05, 4.69) is 4.98 Å². The van der Waals surface area contributed by atoms with Crippen molar-refractivity contribution in [2.75, 3.05) is 0 Å². The monoisotopic (exact) mass is 316 g/mol. The van der Waals surface area contributed by atoms with E-state index in [4.69, 9.17) is 0 Å². The van der Waals surface area contributed by atoms with Gasteiger partial charge in [-0.05, 0) is 44.1 Å². The minimum Gasteiger partial charge on any atom is -0.393 e. The van der Waals surface area contributed by atoms with E-state index in [1.54, 1.807) is 18.6 Å². The molecule has 1 aromatic carbocycles. The normalized spacial score (nSPS) is 27.5. The largest absolute Gasteiger partial charge is 0.393 e. The molecular formula is C18H21FN2O2. The number of hydrogen-bond donors (Lipinski definition) is 2. The van der Waals surface area contributed by atoms with Crippen LogP contribution in [0.2, 0.25) is 0 Å². The van der Waals surface area contributed by atoms with Crippen molar-refractivity contribution in [3.63, 3.8) is 0 Å². The molecule has 23 heavy (non-hydrogen) atoms. The van der Waals surface area contributed by atoms with Gasteiger partial charge in [-0.1, -0.05) is 12.1 Å². The lowest BCUT2D eigenvalue weighted by molar-refractivity contribution is 0.0328. The van der Waals surface area contributed by atoms with Gasteiger partial charge in [0.15, 0.2) is 0 Å². The van der Waals surface area contributed by atoms with E-state index in [0.29, 0.717) is 12.0 Å². The van der Waals surface area contributed by atoms with Gasteiger partial charge < -0.3 is 14.8 Å². The van der Waals surface area contributed by atoms with E-state index in [9.17, 15) is 14.6 Å². The first-order chi connectivity index (χ1) is 11.1. The second kappa shape index (κ2) is 5.73. The molecule has 4 rings (SSSR count). The molecule has 2 atom stereocenters. The van der Waals surface area contributed by atoms with Crippen LogP contribution in [-0.2, 0) is 0 Å². The summed E-state index contributed by atoms with van der Waals surface area (Å²) >= 11 is 0. The lowest BCUT2D eigenvalue weighted by Crippen LogP contribution is -2.29. The topological polar surface area (TPSA) is 58.3 Å². The van der Waals surface area contributed by atoms with Crippen molar-refractivity contribution in [2.24, 2.45) is 5.92 Å². The molecule has 5 heteroatoms. The smallest absolute Gasteiger partial charge is 0.129 e. The lowest BCUT2D eigenvalue weighted by Gasteiger charge is -2.31. The predicted octanol–water partition coefficient (Wildman–Crippen LogP) is 2.89. The number of aromatic nitrogens is 2. The molecule has 1 aliphatic carbocycles. The van der Waals surface area contributed by atoms with E-state index >= 15 is 0 Å². The van der Waals surface area contributed by atoms with Gasteiger partial charge in [-0.3, -0.25) is 0 Å². The standard InChI is InChI=1S/C18H21FN2O2/c19-14-3-1-2-13-16-9-20-10-21(16)15(18(13)14)8-17(23)11-4-6-12(22)7-5-11/h1-3,9-12,15,17,22-23H,4-8H2/t11-,12-,15-,17?/m0/s1. The van der Waals surface area contributed by atoms with Gasteiger partial charge >= 0.3 is 0 Å². The van der Waals surface area contributed by atoms with Crippen LogP contribution in [0.1, 0.15) is 43.7 Å². The number of rotatable bonds is 3. The number of aliphatic hydroxyl groups is 2. The van der Waals surface area contributed by atoms with Crippen LogP contribution in [0, 0.1) is 11.7 Å². The fraction of sp³-hybridized carbons (Fsp3) is 0.500. The quantitative estimate of drug-likeness (QED) is 0.915. The Morgan fingerprint density at radius 3 is 2.83 bits per heavy atom. The Kier molecular flexibility index (Phi) is 3.70. The van der Waals surface area contributed by atoms with Crippen molar-refractivity contribution in [1.82, 2.24) is 9.55 Å². The maximum atomic E-state index is 14.4. The number of halogens is 1. The fourth-order valence-corrected chi connectivity index (χ4v) is 4.14. The van der Waals surface area contributed by atoms with Crippen LogP contribution in [0.4, 0.5) is 4.39 Å². The molecule has 1 aromatic heterocycles. The summed E-state index contributed by atoms with van der Waals surface area (Å²) in [5, 5.41) is 20.3. The van der Waals surface area contributed by atoms with Crippen LogP contribution in [0.15, 0.2) is 30.7 Å². The second-order valence-corrected chi connectivity index (χ2v) is 6.77. The van der Waals surface area contributed by atoms with Gasteiger partial charge in [0, 0.05) is 11.1 Å². The zero-order valence-corrected chi connectivity index (χ0v) is 12.9. The van der Waals surface area contributed by atoms with Crippen molar-refractivity contribution < 1.29 is 14.6 Å². The Labute approximate surface area is 134 Å². The van der Waals surface area contributed by atoms with Gasteiger partial charge in [0.1, 0.15) is 5.82 Å². The van der Waals surface area contributed by atoms with Gasteiger partial charge in [0.05, 0.1) is 36.5 Å². The Balaban J connectivity index is 1.60. The van der Waals surface area contributed by atoms with E-state index in [1.807, 2.05) is 10.6 Å². The maximum Gasteiger partial charge on any atom is 0.129 e. The molecule has 0 amide bonds.